The van der Waals surface area contributed by atoms with Crippen molar-refractivity contribution < 1.29 is 8.78 Å². The van der Waals surface area contributed by atoms with Crippen molar-refractivity contribution in [2.45, 2.75) is 31.7 Å². The molecule has 1 fully saturated rings. The molecule has 0 bridgehead atoms. The quantitative estimate of drug-likeness (QED) is 0.620. The van der Waals surface area contributed by atoms with Crippen molar-refractivity contribution in [3.63, 3.8) is 0 Å². The molecule has 3 N–H and O–H groups in total. The Bertz CT molecular complexity index is 855. The van der Waals surface area contributed by atoms with Crippen LogP contribution in [0, 0.1) is 0 Å². The molecule has 1 aliphatic carbocycles. The molecule has 3 heterocycles. The van der Waals surface area contributed by atoms with E-state index in [1.54, 1.807) is 6.20 Å². The maximum atomic E-state index is 12.6. The molecule has 1 saturated carbocycles. The molecule has 0 unspecified atom stereocenters. The molecule has 24 heavy (non-hydrogen) atoms. The summed E-state index contributed by atoms with van der Waals surface area (Å²) in [7, 11) is 0. The molecule has 0 atom stereocenters. The fourth-order valence-electron chi connectivity index (χ4n) is 2.55. The molecule has 3 aromatic rings. The number of halogens is 2. The van der Waals surface area contributed by atoms with Crippen LogP contribution >= 0.6 is 11.3 Å². The number of nitrogens with one attached hydrogen (secondary N) is 3. The van der Waals surface area contributed by atoms with Crippen LogP contribution in [-0.2, 0) is 0 Å². The molecule has 126 valence electrons. The van der Waals surface area contributed by atoms with Crippen molar-refractivity contribution in [1.82, 2.24) is 15.2 Å². The van der Waals surface area contributed by atoms with E-state index < -0.39 is 6.43 Å². The SMILES string of the molecule is CC1(Nc2cc(NCC(F)F)c3sc(-c4ccn[nH]4)cc3n2)CC1. The van der Waals surface area contributed by atoms with Gasteiger partial charge in [0.05, 0.1) is 33.0 Å². The summed E-state index contributed by atoms with van der Waals surface area (Å²) in [6.07, 6.45) is 1.47. The number of pyridine rings is 1. The second-order valence-corrected chi connectivity index (χ2v) is 7.36. The average Bonchev–Trinajstić information content (AvgIpc) is 2.98. The van der Waals surface area contributed by atoms with E-state index in [1.165, 1.54) is 11.3 Å². The Morgan fingerprint density at radius 3 is 2.88 bits per heavy atom. The first-order valence-electron chi connectivity index (χ1n) is 7.77. The second-order valence-electron chi connectivity index (χ2n) is 6.31. The first kappa shape index (κ1) is 15.3. The van der Waals surface area contributed by atoms with Gasteiger partial charge in [0.2, 0.25) is 0 Å². The minimum absolute atomic E-state index is 0.0723. The van der Waals surface area contributed by atoms with Crippen molar-refractivity contribution >= 4 is 33.1 Å². The summed E-state index contributed by atoms with van der Waals surface area (Å²) in [6, 6.07) is 5.66. The van der Waals surface area contributed by atoms with Crippen LogP contribution in [0.15, 0.2) is 24.4 Å². The van der Waals surface area contributed by atoms with Gasteiger partial charge in [0.1, 0.15) is 5.82 Å². The van der Waals surface area contributed by atoms with Crippen molar-refractivity contribution in [3.8, 4) is 10.6 Å². The molecule has 8 heteroatoms. The van der Waals surface area contributed by atoms with Gasteiger partial charge in [-0.25, -0.2) is 13.8 Å². The highest BCUT2D eigenvalue weighted by molar-refractivity contribution is 7.22. The maximum absolute atomic E-state index is 12.6. The highest BCUT2D eigenvalue weighted by Crippen LogP contribution is 2.41. The van der Waals surface area contributed by atoms with Gasteiger partial charge >= 0.3 is 0 Å². The number of alkyl halides is 2. The van der Waals surface area contributed by atoms with E-state index in [2.05, 4.69) is 32.7 Å². The monoisotopic (exact) mass is 349 g/mol. The van der Waals surface area contributed by atoms with E-state index in [-0.39, 0.29) is 12.1 Å². The van der Waals surface area contributed by atoms with E-state index in [9.17, 15) is 8.78 Å². The van der Waals surface area contributed by atoms with Gasteiger partial charge in [0.15, 0.2) is 0 Å². The van der Waals surface area contributed by atoms with Gasteiger partial charge in [-0.05, 0) is 31.9 Å². The zero-order chi connectivity index (χ0) is 16.7. The number of nitrogens with zero attached hydrogens (tertiary/aromatic N) is 2. The number of aromatic amines is 1. The molecular formula is C16H17F2N5S. The molecule has 4 rings (SSSR count). The molecule has 0 spiro atoms. The predicted octanol–water partition coefficient (Wildman–Crippen LogP) is 4.33. The Morgan fingerprint density at radius 2 is 2.21 bits per heavy atom. The summed E-state index contributed by atoms with van der Waals surface area (Å²) in [5, 5.41) is 13.1. The van der Waals surface area contributed by atoms with Gasteiger partial charge in [0.25, 0.3) is 6.43 Å². The molecular weight excluding hydrogens is 332 g/mol. The molecule has 0 aliphatic heterocycles. The van der Waals surface area contributed by atoms with E-state index in [0.717, 1.165) is 33.6 Å². The Labute approximate surface area is 141 Å². The van der Waals surface area contributed by atoms with Gasteiger partial charge in [-0.3, -0.25) is 5.10 Å². The Kier molecular flexibility index (Phi) is 3.64. The lowest BCUT2D eigenvalue weighted by Crippen LogP contribution is -2.17. The number of aromatic nitrogens is 3. The molecule has 0 saturated heterocycles. The summed E-state index contributed by atoms with van der Waals surface area (Å²) in [5.74, 6) is 0.716. The molecule has 3 aromatic heterocycles. The Hall–Kier alpha value is -2.22. The van der Waals surface area contributed by atoms with Crippen molar-refractivity contribution in [2.24, 2.45) is 0 Å². The largest absolute Gasteiger partial charge is 0.378 e. The zero-order valence-corrected chi connectivity index (χ0v) is 13.9. The van der Waals surface area contributed by atoms with E-state index in [4.69, 9.17) is 0 Å². The highest BCUT2D eigenvalue weighted by Gasteiger charge is 2.37. The first-order chi connectivity index (χ1) is 11.5. The molecule has 0 amide bonds. The lowest BCUT2D eigenvalue weighted by atomic mass is 10.2. The molecule has 1 aliphatic rings. The fraction of sp³-hybridized carbons (Fsp3) is 0.375. The Morgan fingerprint density at radius 1 is 1.38 bits per heavy atom. The van der Waals surface area contributed by atoms with Gasteiger partial charge in [-0.2, -0.15) is 5.10 Å². The number of hydrogen-bond acceptors (Lipinski definition) is 5. The van der Waals surface area contributed by atoms with Crippen molar-refractivity contribution in [2.75, 3.05) is 17.2 Å². The standard InChI is InChI=1S/C16H17F2N5S/c1-16(3-4-16)22-14-7-10(19-8-13(17)18)15-11(21-14)6-12(24-15)9-2-5-20-23-9/h2,5-7,13H,3-4,8H2,1H3,(H,20,23)(H2,19,21,22). The normalized spacial score (nSPS) is 15.8. The minimum atomic E-state index is -2.40. The summed E-state index contributed by atoms with van der Waals surface area (Å²) in [4.78, 5) is 5.63. The van der Waals surface area contributed by atoms with Gasteiger partial charge in [0, 0.05) is 17.8 Å². The van der Waals surface area contributed by atoms with E-state index in [1.807, 2.05) is 18.2 Å². The summed E-state index contributed by atoms with van der Waals surface area (Å²) in [6.45, 7) is 1.75. The zero-order valence-electron chi connectivity index (χ0n) is 13.1. The molecule has 0 aromatic carbocycles. The minimum Gasteiger partial charge on any atom is -0.378 e. The number of H-pyrrole nitrogens is 1. The number of rotatable bonds is 6. The van der Waals surface area contributed by atoms with Crippen molar-refractivity contribution in [1.29, 1.82) is 0 Å². The van der Waals surface area contributed by atoms with E-state index in [0.29, 0.717) is 11.5 Å². The maximum Gasteiger partial charge on any atom is 0.255 e. The van der Waals surface area contributed by atoms with Crippen molar-refractivity contribution in [3.05, 3.63) is 24.4 Å². The van der Waals surface area contributed by atoms with Crippen LogP contribution in [0.3, 0.4) is 0 Å². The van der Waals surface area contributed by atoms with Crippen LogP contribution in [0.4, 0.5) is 20.3 Å². The van der Waals surface area contributed by atoms with Gasteiger partial charge in [-0.15, -0.1) is 11.3 Å². The average molecular weight is 349 g/mol. The summed E-state index contributed by atoms with van der Waals surface area (Å²) >= 11 is 1.51. The fourth-order valence-corrected chi connectivity index (χ4v) is 3.62. The third-order valence-corrected chi connectivity index (χ3v) is 5.31. The van der Waals surface area contributed by atoms with Crippen LogP contribution in [0.2, 0.25) is 0 Å². The lowest BCUT2D eigenvalue weighted by Gasteiger charge is -2.14. The first-order valence-corrected chi connectivity index (χ1v) is 8.59. The predicted molar refractivity (Wildman–Crippen MR) is 93.0 cm³/mol. The topological polar surface area (TPSA) is 65.6 Å². The third-order valence-electron chi connectivity index (χ3n) is 4.12. The summed E-state index contributed by atoms with van der Waals surface area (Å²) in [5.41, 5.74) is 2.43. The summed E-state index contributed by atoms with van der Waals surface area (Å²) < 4.78 is 26.1. The van der Waals surface area contributed by atoms with Gasteiger partial charge in [-0.1, -0.05) is 0 Å². The molecule has 0 radical (unpaired) electrons. The third kappa shape index (κ3) is 3.06. The lowest BCUT2D eigenvalue weighted by molar-refractivity contribution is 0.163. The van der Waals surface area contributed by atoms with Crippen LogP contribution in [0.25, 0.3) is 20.8 Å². The van der Waals surface area contributed by atoms with Crippen LogP contribution in [0.1, 0.15) is 19.8 Å². The smallest absolute Gasteiger partial charge is 0.255 e. The number of thiophene rings is 1. The number of fused-ring (bicyclic) bond motifs is 1. The number of anilines is 2. The van der Waals surface area contributed by atoms with E-state index >= 15 is 0 Å². The second kappa shape index (κ2) is 5.70. The van der Waals surface area contributed by atoms with Gasteiger partial charge < -0.3 is 10.6 Å². The van der Waals surface area contributed by atoms with Crippen LogP contribution in [0.5, 0.6) is 0 Å². The highest BCUT2D eigenvalue weighted by atomic mass is 32.1. The molecule has 5 nitrogen and oxygen atoms in total. The Balaban J connectivity index is 1.75. The van der Waals surface area contributed by atoms with Crippen LogP contribution < -0.4 is 10.6 Å². The van der Waals surface area contributed by atoms with Crippen LogP contribution in [-0.4, -0.2) is 33.7 Å². The number of hydrogen-bond donors (Lipinski definition) is 3.